The number of likely N-dealkylation sites (tertiary alicyclic amines) is 1. The summed E-state index contributed by atoms with van der Waals surface area (Å²) < 4.78 is 0. The minimum absolute atomic E-state index is 0.126. The molecule has 0 bridgehead atoms. The first-order chi connectivity index (χ1) is 12.2. The Bertz CT molecular complexity index is 635. The molecule has 1 heterocycles. The fourth-order valence-corrected chi connectivity index (χ4v) is 2.88. The van der Waals surface area contributed by atoms with Crippen molar-refractivity contribution in [2.45, 2.75) is 32.0 Å². The summed E-state index contributed by atoms with van der Waals surface area (Å²) in [5, 5.41) is 18.4. The number of aliphatic hydroxyl groups excluding tert-OH is 1. The number of nitrogens with one attached hydrogen (secondary N) is 3. The van der Waals surface area contributed by atoms with Gasteiger partial charge in [-0.25, -0.2) is 4.79 Å². The van der Waals surface area contributed by atoms with Gasteiger partial charge in [-0.05, 0) is 46.1 Å². The van der Waals surface area contributed by atoms with Crippen LogP contribution in [-0.4, -0.2) is 78.8 Å². The van der Waals surface area contributed by atoms with Crippen molar-refractivity contribution in [2.24, 2.45) is 0 Å². The molecular weight excluding hydrogens is 334 g/mol. The zero-order chi connectivity index (χ0) is 19.3. The molecule has 1 fully saturated rings. The zero-order valence-electron chi connectivity index (χ0n) is 15.8. The molecule has 1 aliphatic rings. The third kappa shape index (κ3) is 5.98. The summed E-state index contributed by atoms with van der Waals surface area (Å²) in [4.78, 5) is 27.9. The molecule has 1 aromatic carbocycles. The number of aliphatic hydroxyl groups is 1. The van der Waals surface area contributed by atoms with Crippen LogP contribution in [0.4, 0.5) is 16.2 Å². The molecule has 8 nitrogen and oxygen atoms in total. The summed E-state index contributed by atoms with van der Waals surface area (Å²) in [5.41, 5.74) is 1.18. The zero-order valence-corrected chi connectivity index (χ0v) is 15.8. The van der Waals surface area contributed by atoms with Crippen molar-refractivity contribution in [3.63, 3.8) is 0 Å². The Kier molecular flexibility index (Phi) is 6.96. The van der Waals surface area contributed by atoms with Gasteiger partial charge >= 0.3 is 6.03 Å². The van der Waals surface area contributed by atoms with E-state index in [1.165, 1.54) is 0 Å². The molecule has 2 rings (SSSR count). The van der Waals surface area contributed by atoms with Gasteiger partial charge in [0.25, 0.3) is 0 Å². The number of rotatable bonds is 6. The highest BCUT2D eigenvalue weighted by atomic mass is 16.3. The number of hydrogen-bond acceptors (Lipinski definition) is 5. The van der Waals surface area contributed by atoms with E-state index in [2.05, 4.69) is 34.7 Å². The lowest BCUT2D eigenvalue weighted by Gasteiger charge is -2.20. The molecule has 1 aliphatic heterocycles. The fourth-order valence-electron chi connectivity index (χ4n) is 2.88. The third-order valence-corrected chi connectivity index (χ3v) is 4.23. The second-order valence-electron chi connectivity index (χ2n) is 7.19. The minimum Gasteiger partial charge on any atom is -0.390 e. The van der Waals surface area contributed by atoms with E-state index in [-0.39, 0.29) is 24.5 Å². The van der Waals surface area contributed by atoms with Gasteiger partial charge < -0.3 is 26.0 Å². The maximum Gasteiger partial charge on any atom is 0.319 e. The quantitative estimate of drug-likeness (QED) is 0.598. The molecule has 0 unspecified atom stereocenters. The molecule has 0 aliphatic carbocycles. The van der Waals surface area contributed by atoms with Crippen molar-refractivity contribution in [3.8, 4) is 0 Å². The topological polar surface area (TPSA) is 96.9 Å². The number of nitrogens with zero attached hydrogens (tertiary/aromatic N) is 2. The van der Waals surface area contributed by atoms with Crippen LogP contribution in [-0.2, 0) is 4.79 Å². The highest BCUT2D eigenvalue weighted by Gasteiger charge is 2.33. The number of urea groups is 1. The van der Waals surface area contributed by atoms with Gasteiger partial charge in [-0.3, -0.25) is 9.69 Å². The monoisotopic (exact) mass is 363 g/mol. The van der Waals surface area contributed by atoms with E-state index in [9.17, 15) is 14.7 Å². The standard InChI is InChI=1S/C18H29N5O3/c1-12(2)23-9-15(16(24)10-23)21-18(26)20-14-7-5-6-13(8-14)19-17(25)11-22(3)4/h5-8,12,15-16,24H,9-11H2,1-4H3,(H,19,25)(H2,20,21,26)/t15-,16-/m0/s1. The molecule has 0 spiro atoms. The maximum absolute atomic E-state index is 12.2. The van der Waals surface area contributed by atoms with Crippen molar-refractivity contribution in [2.75, 3.05) is 44.4 Å². The normalized spacial score (nSPS) is 20.4. The van der Waals surface area contributed by atoms with Crippen molar-refractivity contribution in [1.82, 2.24) is 15.1 Å². The number of carbonyl (C=O) groups excluding carboxylic acids is 2. The van der Waals surface area contributed by atoms with E-state index < -0.39 is 6.10 Å². The molecule has 1 aromatic rings. The van der Waals surface area contributed by atoms with Gasteiger partial charge in [0.2, 0.25) is 5.91 Å². The van der Waals surface area contributed by atoms with E-state index in [0.29, 0.717) is 30.5 Å². The lowest BCUT2D eigenvalue weighted by Crippen LogP contribution is -2.45. The number of anilines is 2. The van der Waals surface area contributed by atoms with Crippen LogP contribution >= 0.6 is 0 Å². The first-order valence-corrected chi connectivity index (χ1v) is 8.79. The Hall–Kier alpha value is -2.16. The van der Waals surface area contributed by atoms with E-state index in [1.54, 1.807) is 29.2 Å². The number of amides is 3. The second kappa shape index (κ2) is 8.98. The Morgan fingerprint density at radius 2 is 1.88 bits per heavy atom. The summed E-state index contributed by atoms with van der Waals surface area (Å²) in [5.74, 6) is -0.126. The van der Waals surface area contributed by atoms with Crippen LogP contribution in [0.3, 0.4) is 0 Å². The molecule has 4 N–H and O–H groups in total. The van der Waals surface area contributed by atoms with Gasteiger partial charge in [0.05, 0.1) is 18.7 Å². The average Bonchev–Trinajstić information content (AvgIpc) is 2.87. The van der Waals surface area contributed by atoms with Crippen LogP contribution in [0, 0.1) is 0 Å². The molecule has 0 aromatic heterocycles. The highest BCUT2D eigenvalue weighted by molar-refractivity contribution is 5.94. The molecular formula is C18H29N5O3. The minimum atomic E-state index is -0.584. The van der Waals surface area contributed by atoms with Crippen molar-refractivity contribution >= 4 is 23.3 Å². The Morgan fingerprint density at radius 3 is 2.46 bits per heavy atom. The molecule has 2 atom stereocenters. The first kappa shape index (κ1) is 20.2. The number of carbonyl (C=O) groups is 2. The third-order valence-electron chi connectivity index (χ3n) is 4.23. The maximum atomic E-state index is 12.2. The molecule has 1 saturated heterocycles. The second-order valence-corrected chi connectivity index (χ2v) is 7.19. The van der Waals surface area contributed by atoms with Gasteiger partial charge in [0, 0.05) is 30.5 Å². The van der Waals surface area contributed by atoms with Gasteiger partial charge in [0.1, 0.15) is 0 Å². The number of benzene rings is 1. The lowest BCUT2D eigenvalue weighted by atomic mass is 10.2. The first-order valence-electron chi connectivity index (χ1n) is 8.79. The van der Waals surface area contributed by atoms with E-state index in [4.69, 9.17) is 0 Å². The van der Waals surface area contributed by atoms with E-state index in [1.807, 2.05) is 14.1 Å². The summed E-state index contributed by atoms with van der Waals surface area (Å²) in [7, 11) is 3.64. The Balaban J connectivity index is 1.89. The number of β-amino-alcohol motifs (C(OH)–C–C–N with tert-alkyl or cyclic N) is 1. The number of hydrogen-bond donors (Lipinski definition) is 4. The smallest absolute Gasteiger partial charge is 0.319 e. The predicted octanol–water partition coefficient (Wildman–Crippen LogP) is 0.762. The predicted molar refractivity (Wildman–Crippen MR) is 102 cm³/mol. The summed E-state index contributed by atoms with van der Waals surface area (Å²) in [6.45, 7) is 5.57. The van der Waals surface area contributed by atoms with Crippen LogP contribution in [0.5, 0.6) is 0 Å². The molecule has 0 radical (unpaired) electrons. The Morgan fingerprint density at radius 1 is 1.23 bits per heavy atom. The molecule has 0 saturated carbocycles. The highest BCUT2D eigenvalue weighted by Crippen LogP contribution is 2.16. The van der Waals surface area contributed by atoms with Crippen LogP contribution in [0.2, 0.25) is 0 Å². The van der Waals surface area contributed by atoms with Gasteiger partial charge in [0.15, 0.2) is 0 Å². The van der Waals surface area contributed by atoms with Crippen LogP contribution < -0.4 is 16.0 Å². The van der Waals surface area contributed by atoms with Gasteiger partial charge in [-0.2, -0.15) is 0 Å². The SMILES string of the molecule is CC(C)N1C[C@H](NC(=O)Nc2cccc(NC(=O)CN(C)C)c2)[C@@H](O)C1. The van der Waals surface area contributed by atoms with Crippen LogP contribution in [0.25, 0.3) is 0 Å². The lowest BCUT2D eigenvalue weighted by molar-refractivity contribution is -0.116. The van der Waals surface area contributed by atoms with E-state index >= 15 is 0 Å². The fraction of sp³-hybridized carbons (Fsp3) is 0.556. The molecule has 144 valence electrons. The van der Waals surface area contributed by atoms with Gasteiger partial charge in [-0.1, -0.05) is 6.07 Å². The molecule has 26 heavy (non-hydrogen) atoms. The van der Waals surface area contributed by atoms with Gasteiger partial charge in [-0.15, -0.1) is 0 Å². The van der Waals surface area contributed by atoms with Crippen molar-refractivity contribution < 1.29 is 14.7 Å². The Labute approximate surface area is 154 Å². The number of likely N-dealkylation sites (N-methyl/N-ethyl adjacent to an activating group) is 1. The largest absolute Gasteiger partial charge is 0.390 e. The molecule has 8 heteroatoms. The van der Waals surface area contributed by atoms with E-state index in [0.717, 1.165) is 0 Å². The summed E-state index contributed by atoms with van der Waals surface area (Å²) in [6.07, 6.45) is -0.584. The van der Waals surface area contributed by atoms with Crippen molar-refractivity contribution in [1.29, 1.82) is 0 Å². The summed E-state index contributed by atoms with van der Waals surface area (Å²) in [6, 6.07) is 6.59. The molecule has 3 amide bonds. The van der Waals surface area contributed by atoms with Crippen molar-refractivity contribution in [3.05, 3.63) is 24.3 Å². The average molecular weight is 363 g/mol. The van der Waals surface area contributed by atoms with Crippen LogP contribution in [0.15, 0.2) is 24.3 Å². The summed E-state index contributed by atoms with van der Waals surface area (Å²) >= 11 is 0. The van der Waals surface area contributed by atoms with Crippen LogP contribution in [0.1, 0.15) is 13.8 Å².